The predicted molar refractivity (Wildman–Crippen MR) is 109 cm³/mol. The van der Waals surface area contributed by atoms with E-state index in [2.05, 4.69) is 15.6 Å². The third kappa shape index (κ3) is 3.97. The average molecular weight is 385 g/mol. The second-order valence-electron chi connectivity index (χ2n) is 6.07. The first-order valence-corrected chi connectivity index (χ1v) is 8.85. The van der Waals surface area contributed by atoms with E-state index in [0.29, 0.717) is 28.4 Å². The highest BCUT2D eigenvalue weighted by molar-refractivity contribution is 6.32. The number of carbonyl (C=O) groups is 1. The van der Waals surface area contributed by atoms with Crippen molar-refractivity contribution in [2.45, 2.75) is 6.04 Å². The molecular weight excluding hydrogens is 364 g/mol. The van der Waals surface area contributed by atoms with Gasteiger partial charge in [0.1, 0.15) is 5.75 Å². The standard InChI is InChI=1S/C20H21ClN4O2/c1-23-11-17(12-6-7-18(27-2)15(21)10-12)25-16-8-9-24-19-13(16)4-3-5-14(19)20(22)26/h3-10,17,23H,11H2,1-2H3,(H2,22,26)(H,24,25)/t17-/m1/s1. The molecule has 1 aromatic heterocycles. The minimum absolute atomic E-state index is 0.0544. The molecule has 1 heterocycles. The molecule has 1 atom stereocenters. The smallest absolute Gasteiger partial charge is 0.250 e. The molecule has 27 heavy (non-hydrogen) atoms. The fourth-order valence-electron chi connectivity index (χ4n) is 3.04. The molecule has 6 nitrogen and oxygen atoms in total. The maximum absolute atomic E-state index is 11.7. The van der Waals surface area contributed by atoms with Crippen molar-refractivity contribution < 1.29 is 9.53 Å². The zero-order chi connectivity index (χ0) is 19.4. The molecule has 7 heteroatoms. The number of methoxy groups -OCH3 is 1. The Morgan fingerprint density at radius 3 is 2.78 bits per heavy atom. The zero-order valence-corrected chi connectivity index (χ0v) is 15.9. The van der Waals surface area contributed by atoms with Gasteiger partial charge in [-0.1, -0.05) is 29.8 Å². The van der Waals surface area contributed by atoms with Crippen LogP contribution in [0.25, 0.3) is 10.9 Å². The third-order valence-electron chi connectivity index (χ3n) is 4.35. The first kappa shape index (κ1) is 18.9. The Morgan fingerprint density at radius 2 is 2.11 bits per heavy atom. The van der Waals surface area contributed by atoms with Gasteiger partial charge in [0.25, 0.3) is 5.91 Å². The molecule has 2 aromatic carbocycles. The van der Waals surface area contributed by atoms with Crippen LogP contribution in [-0.4, -0.2) is 31.6 Å². The third-order valence-corrected chi connectivity index (χ3v) is 4.65. The van der Waals surface area contributed by atoms with Crippen LogP contribution in [0, 0.1) is 0 Å². The maximum atomic E-state index is 11.7. The second kappa shape index (κ2) is 8.24. The van der Waals surface area contributed by atoms with Crippen LogP contribution >= 0.6 is 11.6 Å². The van der Waals surface area contributed by atoms with Gasteiger partial charge in [-0.05, 0) is 36.9 Å². The Bertz CT molecular complexity index is 977. The zero-order valence-electron chi connectivity index (χ0n) is 15.1. The number of anilines is 1. The molecule has 3 aromatic rings. The average Bonchev–Trinajstić information content (AvgIpc) is 2.67. The van der Waals surface area contributed by atoms with Gasteiger partial charge in [-0.2, -0.15) is 0 Å². The van der Waals surface area contributed by atoms with Gasteiger partial charge in [-0.15, -0.1) is 0 Å². The summed E-state index contributed by atoms with van der Waals surface area (Å²) >= 11 is 6.29. The number of rotatable bonds is 7. The van der Waals surface area contributed by atoms with E-state index in [1.165, 1.54) is 0 Å². The topological polar surface area (TPSA) is 89.3 Å². The molecule has 0 bridgehead atoms. The first-order valence-electron chi connectivity index (χ1n) is 8.47. The molecule has 140 valence electrons. The van der Waals surface area contributed by atoms with Crippen molar-refractivity contribution in [3.63, 3.8) is 0 Å². The Kier molecular flexibility index (Phi) is 5.78. The number of nitrogens with two attached hydrogens (primary N) is 1. The number of nitrogens with zero attached hydrogens (tertiary/aromatic N) is 1. The summed E-state index contributed by atoms with van der Waals surface area (Å²) in [7, 11) is 3.47. The van der Waals surface area contributed by atoms with E-state index in [-0.39, 0.29) is 6.04 Å². The van der Waals surface area contributed by atoms with E-state index in [0.717, 1.165) is 16.6 Å². The van der Waals surface area contributed by atoms with Crippen LogP contribution in [0.15, 0.2) is 48.7 Å². The molecule has 0 saturated carbocycles. The SMILES string of the molecule is CNC[C@@H](Nc1ccnc2c(C(N)=O)cccc12)c1ccc(OC)c(Cl)c1. The fraction of sp³-hybridized carbons (Fsp3) is 0.200. The number of nitrogens with one attached hydrogen (secondary N) is 2. The molecule has 0 aliphatic rings. The minimum atomic E-state index is -0.501. The van der Waals surface area contributed by atoms with Crippen molar-refractivity contribution in [3.8, 4) is 5.75 Å². The van der Waals surface area contributed by atoms with Gasteiger partial charge in [-0.25, -0.2) is 0 Å². The van der Waals surface area contributed by atoms with Crippen LogP contribution in [0.3, 0.4) is 0 Å². The molecule has 0 fully saturated rings. The number of likely N-dealkylation sites (N-methyl/N-ethyl adjacent to an activating group) is 1. The summed E-state index contributed by atoms with van der Waals surface area (Å²) in [4.78, 5) is 16.0. The number of primary amides is 1. The van der Waals surface area contributed by atoms with E-state index < -0.39 is 5.91 Å². The monoisotopic (exact) mass is 384 g/mol. The number of ether oxygens (including phenoxy) is 1. The normalized spacial score (nSPS) is 12.0. The number of amides is 1. The van der Waals surface area contributed by atoms with Gasteiger partial charge in [-0.3, -0.25) is 9.78 Å². The van der Waals surface area contributed by atoms with Gasteiger partial charge in [0.05, 0.1) is 29.3 Å². The van der Waals surface area contributed by atoms with Gasteiger partial charge in [0.15, 0.2) is 0 Å². The predicted octanol–water partition coefficient (Wildman–Crippen LogP) is 3.37. The molecule has 3 rings (SSSR count). The summed E-state index contributed by atoms with van der Waals surface area (Å²) in [5, 5.41) is 8.08. The highest BCUT2D eigenvalue weighted by Crippen LogP contribution is 2.31. The van der Waals surface area contributed by atoms with Crippen LogP contribution in [0.1, 0.15) is 22.0 Å². The summed E-state index contributed by atoms with van der Waals surface area (Å²) in [6.07, 6.45) is 1.66. The van der Waals surface area contributed by atoms with Gasteiger partial charge < -0.3 is 21.1 Å². The first-order chi connectivity index (χ1) is 13.0. The highest BCUT2D eigenvalue weighted by atomic mass is 35.5. The minimum Gasteiger partial charge on any atom is -0.495 e. The van der Waals surface area contributed by atoms with E-state index in [1.54, 1.807) is 25.4 Å². The number of aromatic nitrogens is 1. The van der Waals surface area contributed by atoms with Gasteiger partial charge in [0, 0.05) is 23.8 Å². The van der Waals surface area contributed by atoms with Crippen LogP contribution in [0.4, 0.5) is 5.69 Å². The Hall–Kier alpha value is -2.83. The number of hydrogen-bond acceptors (Lipinski definition) is 5. The van der Waals surface area contributed by atoms with Crippen molar-refractivity contribution >= 4 is 34.1 Å². The lowest BCUT2D eigenvalue weighted by atomic mass is 10.0. The number of fused-ring (bicyclic) bond motifs is 1. The number of halogens is 1. The largest absolute Gasteiger partial charge is 0.495 e. The Labute approximate surface area is 162 Å². The van der Waals surface area contributed by atoms with Crippen molar-refractivity contribution in [1.82, 2.24) is 10.3 Å². The van der Waals surface area contributed by atoms with Crippen LogP contribution in [0.2, 0.25) is 5.02 Å². The van der Waals surface area contributed by atoms with Crippen molar-refractivity contribution in [2.24, 2.45) is 5.73 Å². The number of carbonyl (C=O) groups excluding carboxylic acids is 1. The van der Waals surface area contributed by atoms with E-state index in [4.69, 9.17) is 22.1 Å². The summed E-state index contributed by atoms with van der Waals surface area (Å²) in [6.45, 7) is 0.669. The lowest BCUT2D eigenvalue weighted by Crippen LogP contribution is -2.24. The highest BCUT2D eigenvalue weighted by Gasteiger charge is 2.16. The molecule has 0 aliphatic heterocycles. The molecule has 0 aliphatic carbocycles. The molecule has 0 saturated heterocycles. The second-order valence-corrected chi connectivity index (χ2v) is 6.48. The van der Waals surface area contributed by atoms with Gasteiger partial charge >= 0.3 is 0 Å². The van der Waals surface area contributed by atoms with Gasteiger partial charge in [0.2, 0.25) is 0 Å². The Balaban J connectivity index is 2.01. The van der Waals surface area contributed by atoms with Crippen molar-refractivity contribution in [1.29, 1.82) is 0 Å². The molecule has 1 amide bonds. The van der Waals surface area contributed by atoms with Crippen LogP contribution in [0.5, 0.6) is 5.75 Å². The summed E-state index contributed by atoms with van der Waals surface area (Å²) < 4.78 is 5.23. The van der Waals surface area contributed by atoms with Crippen LogP contribution in [-0.2, 0) is 0 Å². The van der Waals surface area contributed by atoms with Crippen LogP contribution < -0.4 is 21.1 Å². The lowest BCUT2D eigenvalue weighted by Gasteiger charge is -2.22. The van der Waals surface area contributed by atoms with E-state index >= 15 is 0 Å². The number of benzene rings is 2. The molecule has 0 spiro atoms. The quantitative estimate of drug-likeness (QED) is 0.581. The molecule has 4 N–H and O–H groups in total. The van der Waals surface area contributed by atoms with Crippen molar-refractivity contribution in [2.75, 3.05) is 26.0 Å². The summed E-state index contributed by atoms with van der Waals surface area (Å²) in [5.41, 5.74) is 8.31. The molecular formula is C20H21ClN4O2. The molecule has 0 unspecified atom stereocenters. The maximum Gasteiger partial charge on any atom is 0.250 e. The number of para-hydroxylation sites is 1. The fourth-order valence-corrected chi connectivity index (χ4v) is 3.31. The van der Waals surface area contributed by atoms with E-state index in [1.807, 2.05) is 37.4 Å². The lowest BCUT2D eigenvalue weighted by molar-refractivity contribution is 0.100. The van der Waals surface area contributed by atoms with E-state index in [9.17, 15) is 4.79 Å². The Morgan fingerprint density at radius 1 is 1.30 bits per heavy atom. The summed E-state index contributed by atoms with van der Waals surface area (Å²) in [6, 6.07) is 12.9. The molecule has 0 radical (unpaired) electrons. The number of pyridine rings is 1. The van der Waals surface area contributed by atoms with Crippen molar-refractivity contribution in [3.05, 3.63) is 64.8 Å². The number of hydrogen-bond donors (Lipinski definition) is 3. The summed E-state index contributed by atoms with van der Waals surface area (Å²) in [5.74, 6) is 0.128.